The van der Waals surface area contributed by atoms with Crippen LogP contribution in [0.15, 0.2) is 48.5 Å². The lowest BCUT2D eigenvalue weighted by atomic mass is 9.80. The van der Waals surface area contributed by atoms with Crippen molar-refractivity contribution in [2.75, 3.05) is 0 Å². The van der Waals surface area contributed by atoms with Gasteiger partial charge in [0.25, 0.3) is 0 Å². The van der Waals surface area contributed by atoms with E-state index in [0.717, 1.165) is 11.1 Å². The maximum Gasteiger partial charge on any atom is 0.504 e. The minimum atomic E-state index is -1.47. The predicted octanol–water partition coefficient (Wildman–Crippen LogP) is -0.593. The molecule has 6 heteroatoms. The summed E-state index contributed by atoms with van der Waals surface area (Å²) in [4.78, 5) is 0. The van der Waals surface area contributed by atoms with Crippen LogP contribution in [0.3, 0.4) is 0 Å². The van der Waals surface area contributed by atoms with Crippen molar-refractivity contribution in [1.29, 1.82) is 0 Å². The summed E-state index contributed by atoms with van der Waals surface area (Å²) in [6.45, 7) is 0. The Bertz CT molecular complexity index is 732. The summed E-state index contributed by atoms with van der Waals surface area (Å²) in [5.74, 6) is 11.8. The van der Waals surface area contributed by atoms with Gasteiger partial charge < -0.3 is 19.7 Å². The zero-order valence-corrected chi connectivity index (χ0v) is 11.7. The maximum atomic E-state index is 8.98. The summed E-state index contributed by atoms with van der Waals surface area (Å²) in [6, 6.07) is 13.6. The average Bonchev–Trinajstić information content (AvgIpc) is 2.54. The van der Waals surface area contributed by atoms with Crippen LogP contribution in [0.2, 0.25) is 0 Å². The van der Waals surface area contributed by atoms with Crippen LogP contribution in [0.1, 0.15) is 11.1 Å². The lowest BCUT2D eigenvalue weighted by Crippen LogP contribution is -2.29. The third kappa shape index (κ3) is 4.73. The second-order valence-electron chi connectivity index (χ2n) is 4.29. The Morgan fingerprint density at radius 3 is 1.77 bits per heavy atom. The van der Waals surface area contributed by atoms with Crippen molar-refractivity contribution >= 4 is 20.3 Å². The Morgan fingerprint density at radius 2 is 1.32 bits per heavy atom. The van der Waals surface area contributed by atoms with Crippen LogP contribution in [-0.4, -0.2) is 29.9 Å². The van der Waals surface area contributed by atoms with E-state index in [9.17, 15) is 0 Å². The third-order valence-electron chi connectivity index (χ3n) is 2.77. The van der Waals surface area contributed by atoms with Crippen molar-refractivity contribution in [2.45, 2.75) is 0 Å². The standard InChI is InChI=1S/C16H12B2O4/c19-17-22-16-11-7-14(8-12-16)4-2-1-3-13-5-9-15(10-6-13)18(20)21/h5-12,17,19-21H. The summed E-state index contributed by atoms with van der Waals surface area (Å²) in [5, 5.41) is 26.6. The van der Waals surface area contributed by atoms with Gasteiger partial charge in [-0.15, -0.1) is 0 Å². The maximum absolute atomic E-state index is 8.98. The molecule has 2 aromatic carbocycles. The molecular weight excluding hydrogens is 278 g/mol. The molecule has 2 aromatic rings. The summed E-state index contributed by atoms with van der Waals surface area (Å²) in [5.41, 5.74) is 1.95. The number of benzene rings is 2. The van der Waals surface area contributed by atoms with Crippen molar-refractivity contribution in [2.24, 2.45) is 0 Å². The average molecular weight is 290 g/mol. The number of rotatable bonds is 3. The van der Waals surface area contributed by atoms with Gasteiger partial charge in [0.2, 0.25) is 0 Å². The largest absolute Gasteiger partial charge is 0.539 e. The third-order valence-corrected chi connectivity index (χ3v) is 2.77. The molecular formula is C16H12B2O4. The van der Waals surface area contributed by atoms with E-state index in [1.165, 1.54) is 0 Å². The Labute approximate surface area is 129 Å². The first-order valence-electron chi connectivity index (χ1n) is 6.51. The van der Waals surface area contributed by atoms with E-state index in [-0.39, 0.29) is 7.69 Å². The van der Waals surface area contributed by atoms with Gasteiger partial charge in [-0.05, 0) is 53.7 Å². The normalized spacial score (nSPS) is 8.86. The Kier molecular flexibility index (Phi) is 5.71. The van der Waals surface area contributed by atoms with E-state index in [0.29, 0.717) is 11.2 Å². The molecule has 0 amide bonds. The van der Waals surface area contributed by atoms with E-state index in [2.05, 4.69) is 23.7 Å². The molecule has 106 valence electrons. The molecule has 0 unspecified atom stereocenters. The summed E-state index contributed by atoms with van der Waals surface area (Å²) < 4.78 is 4.91. The molecule has 0 bridgehead atoms. The van der Waals surface area contributed by atoms with Crippen LogP contribution in [-0.2, 0) is 0 Å². The van der Waals surface area contributed by atoms with Gasteiger partial charge in [-0.25, -0.2) is 0 Å². The van der Waals surface area contributed by atoms with Gasteiger partial charge in [0.05, 0.1) is 0 Å². The fraction of sp³-hybridized carbons (Fsp3) is 0. The Hall–Kier alpha value is -2.63. The van der Waals surface area contributed by atoms with Crippen molar-refractivity contribution in [3.8, 4) is 29.4 Å². The monoisotopic (exact) mass is 290 g/mol. The van der Waals surface area contributed by atoms with E-state index >= 15 is 0 Å². The minimum absolute atomic E-state index is 0.359. The van der Waals surface area contributed by atoms with E-state index < -0.39 is 7.12 Å². The first kappa shape index (κ1) is 15.8. The number of hydrogen-bond donors (Lipinski definition) is 3. The molecule has 2 rings (SSSR count). The van der Waals surface area contributed by atoms with Crippen LogP contribution in [0.4, 0.5) is 0 Å². The van der Waals surface area contributed by atoms with Gasteiger partial charge in [0.1, 0.15) is 5.75 Å². The smallest absolute Gasteiger partial charge is 0.504 e. The topological polar surface area (TPSA) is 69.9 Å². The first-order valence-corrected chi connectivity index (χ1v) is 6.51. The lowest BCUT2D eigenvalue weighted by Gasteiger charge is -1.99. The highest BCUT2D eigenvalue weighted by atomic mass is 16.5. The molecule has 0 heterocycles. The molecule has 0 aliphatic rings. The van der Waals surface area contributed by atoms with E-state index in [1.54, 1.807) is 48.5 Å². The number of hydrogen-bond acceptors (Lipinski definition) is 4. The highest BCUT2D eigenvalue weighted by Gasteiger charge is 2.08. The summed E-state index contributed by atoms with van der Waals surface area (Å²) in [7, 11) is -1.83. The minimum Gasteiger partial charge on any atom is -0.539 e. The summed E-state index contributed by atoms with van der Waals surface area (Å²) >= 11 is 0. The van der Waals surface area contributed by atoms with Crippen LogP contribution in [0.25, 0.3) is 0 Å². The molecule has 0 aliphatic carbocycles. The van der Waals surface area contributed by atoms with Crippen LogP contribution in [0.5, 0.6) is 5.75 Å². The van der Waals surface area contributed by atoms with Gasteiger partial charge in [0.15, 0.2) is 0 Å². The molecule has 0 saturated carbocycles. The first-order chi connectivity index (χ1) is 10.7. The molecule has 0 atom stereocenters. The molecule has 0 saturated heterocycles. The molecule has 3 N–H and O–H groups in total. The fourth-order valence-electron chi connectivity index (χ4n) is 1.65. The second kappa shape index (κ2) is 7.97. The van der Waals surface area contributed by atoms with Crippen LogP contribution >= 0.6 is 0 Å². The fourth-order valence-corrected chi connectivity index (χ4v) is 1.65. The van der Waals surface area contributed by atoms with Crippen LogP contribution in [0, 0.1) is 23.7 Å². The van der Waals surface area contributed by atoms with Crippen molar-refractivity contribution in [3.63, 3.8) is 0 Å². The van der Waals surface area contributed by atoms with Gasteiger partial charge in [-0.1, -0.05) is 24.0 Å². The SMILES string of the molecule is OBOc1ccc(C#CC#Cc2ccc(B(O)O)cc2)cc1. The lowest BCUT2D eigenvalue weighted by molar-refractivity contribution is 0.425. The Morgan fingerprint density at radius 1 is 0.818 bits per heavy atom. The van der Waals surface area contributed by atoms with Crippen LogP contribution < -0.4 is 10.1 Å². The molecule has 22 heavy (non-hydrogen) atoms. The molecule has 0 radical (unpaired) electrons. The van der Waals surface area contributed by atoms with Crippen molar-refractivity contribution in [3.05, 3.63) is 59.7 Å². The van der Waals surface area contributed by atoms with Gasteiger partial charge in [0, 0.05) is 11.1 Å². The highest BCUT2D eigenvalue weighted by Crippen LogP contribution is 2.10. The van der Waals surface area contributed by atoms with E-state index in [1.807, 2.05) is 0 Å². The Balaban J connectivity index is 2.01. The van der Waals surface area contributed by atoms with Gasteiger partial charge in [-0.2, -0.15) is 0 Å². The predicted molar refractivity (Wildman–Crippen MR) is 86.5 cm³/mol. The molecule has 0 aliphatic heterocycles. The van der Waals surface area contributed by atoms with Gasteiger partial charge in [-0.3, -0.25) is 0 Å². The second-order valence-corrected chi connectivity index (χ2v) is 4.29. The molecule has 0 fully saturated rings. The van der Waals surface area contributed by atoms with E-state index in [4.69, 9.17) is 19.7 Å². The molecule has 0 spiro atoms. The van der Waals surface area contributed by atoms with Crippen molar-refractivity contribution < 1.29 is 19.7 Å². The highest BCUT2D eigenvalue weighted by molar-refractivity contribution is 6.58. The molecule has 4 nitrogen and oxygen atoms in total. The van der Waals surface area contributed by atoms with Crippen molar-refractivity contribution in [1.82, 2.24) is 0 Å². The van der Waals surface area contributed by atoms with Gasteiger partial charge >= 0.3 is 14.8 Å². The molecule has 0 aromatic heterocycles. The quantitative estimate of drug-likeness (QED) is 0.522. The zero-order valence-electron chi connectivity index (χ0n) is 11.7. The zero-order chi connectivity index (χ0) is 15.8. The summed E-state index contributed by atoms with van der Waals surface area (Å²) in [6.07, 6.45) is 0.